The summed E-state index contributed by atoms with van der Waals surface area (Å²) in [5.74, 6) is -4.64. The van der Waals surface area contributed by atoms with Gasteiger partial charge in [0.1, 0.15) is 0 Å². The molecule has 0 radical (unpaired) electrons. The lowest BCUT2D eigenvalue weighted by Gasteiger charge is -2.23. The van der Waals surface area contributed by atoms with Gasteiger partial charge in [0.2, 0.25) is 5.91 Å². The molecule has 1 heterocycles. The van der Waals surface area contributed by atoms with Crippen LogP contribution in [0.4, 0.5) is 0 Å². The van der Waals surface area contributed by atoms with Gasteiger partial charge >= 0.3 is 5.97 Å². The smallest absolute Gasteiger partial charge is 0.311 e. The third-order valence-corrected chi connectivity index (χ3v) is 6.34. The number of carbonyl (C=O) groups excluding carboxylic acids is 5. The second-order valence-corrected chi connectivity index (χ2v) is 9.13. The average Bonchev–Trinajstić information content (AvgIpc) is 3.31. The summed E-state index contributed by atoms with van der Waals surface area (Å²) in [5, 5.41) is 1.30. The first-order chi connectivity index (χ1) is 18.8. The van der Waals surface area contributed by atoms with Gasteiger partial charge in [-0.3, -0.25) is 45.3 Å². The van der Waals surface area contributed by atoms with Crippen LogP contribution in [0.3, 0.4) is 0 Å². The predicted octanol–water partition coefficient (Wildman–Crippen LogP) is 2.36. The Bertz CT molecular complexity index is 1330. The van der Waals surface area contributed by atoms with E-state index in [0.717, 1.165) is 16.1 Å². The summed E-state index contributed by atoms with van der Waals surface area (Å²) in [6.07, 6.45) is -0.189. The Balaban J connectivity index is 1.29. The largest absolute Gasteiger partial charge is 0.455 e. The van der Waals surface area contributed by atoms with E-state index in [4.69, 9.17) is 16.3 Å². The number of benzene rings is 3. The second kappa shape index (κ2) is 12.7. The molecule has 10 nitrogen and oxygen atoms in total. The molecule has 1 aliphatic heterocycles. The van der Waals surface area contributed by atoms with Crippen molar-refractivity contribution in [2.24, 2.45) is 5.92 Å². The number of rotatable bonds is 8. The van der Waals surface area contributed by atoms with E-state index in [2.05, 4.69) is 16.3 Å². The van der Waals surface area contributed by atoms with E-state index >= 15 is 0 Å². The molecule has 0 bridgehead atoms. The number of ether oxygens (including phenoxy) is 1. The average molecular weight is 549 g/mol. The maximum absolute atomic E-state index is 13.3. The molecule has 39 heavy (non-hydrogen) atoms. The van der Waals surface area contributed by atoms with Crippen LogP contribution in [-0.2, 0) is 23.9 Å². The number of halogens is 1. The lowest BCUT2D eigenvalue weighted by Crippen LogP contribution is -2.46. The number of nitrogens with zero attached hydrogens (tertiary/aromatic N) is 1. The Morgan fingerprint density at radius 1 is 0.872 bits per heavy atom. The molecule has 1 fully saturated rings. The van der Waals surface area contributed by atoms with Gasteiger partial charge in [-0.15, -0.1) is 0 Å². The van der Waals surface area contributed by atoms with Crippen molar-refractivity contribution in [2.45, 2.75) is 12.3 Å². The van der Waals surface area contributed by atoms with Crippen molar-refractivity contribution in [3.8, 4) is 0 Å². The Morgan fingerprint density at radius 3 is 2.08 bits per heavy atom. The molecule has 0 saturated carbocycles. The molecule has 1 saturated heterocycles. The lowest BCUT2D eigenvalue weighted by atomic mass is 9.91. The molecule has 0 unspecified atom stereocenters. The zero-order chi connectivity index (χ0) is 27.8. The first kappa shape index (κ1) is 27.3. The van der Waals surface area contributed by atoms with Gasteiger partial charge in [0.15, 0.2) is 6.61 Å². The van der Waals surface area contributed by atoms with E-state index in [1.54, 1.807) is 12.1 Å². The highest BCUT2D eigenvalue weighted by Crippen LogP contribution is 2.26. The quantitative estimate of drug-likeness (QED) is 0.292. The molecule has 1 aliphatic rings. The number of nitrogens with one attached hydrogen (secondary N) is 3. The van der Waals surface area contributed by atoms with Crippen molar-refractivity contribution in [3.63, 3.8) is 0 Å². The van der Waals surface area contributed by atoms with Crippen molar-refractivity contribution in [1.29, 1.82) is 0 Å². The van der Waals surface area contributed by atoms with E-state index in [9.17, 15) is 24.0 Å². The van der Waals surface area contributed by atoms with E-state index in [1.165, 1.54) is 12.1 Å². The van der Waals surface area contributed by atoms with Crippen LogP contribution in [0.5, 0.6) is 0 Å². The number of amides is 4. The number of hydrazine groups is 2. The van der Waals surface area contributed by atoms with E-state index in [-0.39, 0.29) is 23.6 Å². The summed E-state index contributed by atoms with van der Waals surface area (Å²) in [7, 11) is 0. The fourth-order valence-electron chi connectivity index (χ4n) is 4.09. The highest BCUT2D eigenvalue weighted by Gasteiger charge is 2.37. The van der Waals surface area contributed by atoms with Crippen molar-refractivity contribution >= 4 is 41.2 Å². The summed E-state index contributed by atoms with van der Waals surface area (Å²) in [6, 6.07) is 24.6. The Morgan fingerprint density at radius 2 is 1.46 bits per heavy atom. The monoisotopic (exact) mass is 548 g/mol. The van der Waals surface area contributed by atoms with Crippen LogP contribution in [0.15, 0.2) is 84.9 Å². The SMILES string of the molecule is O=C(COC(=O)[C@H]1CC(=O)N(NC(=O)C(c2ccccc2)c2ccccc2)C1)NNC(=O)c1ccccc1Cl. The zero-order valence-corrected chi connectivity index (χ0v) is 21.4. The van der Waals surface area contributed by atoms with Crippen LogP contribution >= 0.6 is 11.6 Å². The van der Waals surface area contributed by atoms with Gasteiger partial charge in [0, 0.05) is 6.42 Å². The van der Waals surface area contributed by atoms with Gasteiger partial charge in [0.05, 0.1) is 29.0 Å². The maximum Gasteiger partial charge on any atom is 0.311 e. The molecular formula is C28H25ClN4O6. The molecule has 3 aromatic carbocycles. The first-order valence-corrected chi connectivity index (χ1v) is 12.4. The highest BCUT2D eigenvalue weighted by molar-refractivity contribution is 6.33. The molecule has 4 rings (SSSR count). The summed E-state index contributed by atoms with van der Waals surface area (Å²) in [5.41, 5.74) is 8.59. The van der Waals surface area contributed by atoms with Crippen LogP contribution in [0.1, 0.15) is 33.8 Å². The molecule has 3 aromatic rings. The molecule has 11 heteroatoms. The minimum absolute atomic E-state index is 0.107. The molecule has 0 aliphatic carbocycles. The summed E-state index contributed by atoms with van der Waals surface area (Å²) >= 11 is 5.94. The number of carbonyl (C=O) groups is 5. The van der Waals surface area contributed by atoms with E-state index < -0.39 is 48.0 Å². The van der Waals surface area contributed by atoms with Crippen molar-refractivity contribution in [2.75, 3.05) is 13.2 Å². The fourth-order valence-corrected chi connectivity index (χ4v) is 4.31. The normalized spacial score (nSPS) is 14.6. The van der Waals surface area contributed by atoms with Gasteiger partial charge in [0.25, 0.3) is 17.7 Å². The predicted molar refractivity (Wildman–Crippen MR) is 141 cm³/mol. The minimum atomic E-state index is -0.879. The first-order valence-electron chi connectivity index (χ1n) is 12.0. The summed E-state index contributed by atoms with van der Waals surface area (Å²) < 4.78 is 5.02. The third kappa shape index (κ3) is 6.99. The van der Waals surface area contributed by atoms with Crippen molar-refractivity contribution in [3.05, 3.63) is 107 Å². The van der Waals surface area contributed by atoms with Crippen LogP contribution in [0.2, 0.25) is 5.02 Å². The number of esters is 1. The molecule has 4 amide bonds. The lowest BCUT2D eigenvalue weighted by molar-refractivity contribution is -0.152. The molecule has 0 aromatic heterocycles. The van der Waals surface area contributed by atoms with Crippen LogP contribution in [-0.4, -0.2) is 47.8 Å². The minimum Gasteiger partial charge on any atom is -0.455 e. The van der Waals surface area contributed by atoms with Crippen molar-refractivity contribution in [1.82, 2.24) is 21.3 Å². The van der Waals surface area contributed by atoms with Gasteiger partial charge in [-0.25, -0.2) is 0 Å². The van der Waals surface area contributed by atoms with E-state index in [0.29, 0.717) is 0 Å². The van der Waals surface area contributed by atoms with E-state index in [1.807, 2.05) is 60.7 Å². The maximum atomic E-state index is 13.3. The number of hydrogen-bond donors (Lipinski definition) is 3. The van der Waals surface area contributed by atoms with Crippen LogP contribution in [0.25, 0.3) is 0 Å². The molecule has 3 N–H and O–H groups in total. The highest BCUT2D eigenvalue weighted by atomic mass is 35.5. The van der Waals surface area contributed by atoms with Gasteiger partial charge < -0.3 is 4.74 Å². The van der Waals surface area contributed by atoms with Gasteiger partial charge in [-0.1, -0.05) is 84.4 Å². The van der Waals surface area contributed by atoms with Crippen molar-refractivity contribution < 1.29 is 28.7 Å². The van der Waals surface area contributed by atoms with Gasteiger partial charge in [-0.05, 0) is 23.3 Å². The van der Waals surface area contributed by atoms with Crippen LogP contribution in [0, 0.1) is 5.92 Å². The summed E-state index contributed by atoms with van der Waals surface area (Å²) in [6.45, 7) is -0.784. The van der Waals surface area contributed by atoms with Crippen LogP contribution < -0.4 is 16.3 Å². The molecule has 200 valence electrons. The molecule has 0 spiro atoms. The summed E-state index contributed by atoms with van der Waals surface area (Å²) in [4.78, 5) is 62.5. The molecular weight excluding hydrogens is 524 g/mol. The third-order valence-electron chi connectivity index (χ3n) is 6.01. The van der Waals surface area contributed by atoms with Gasteiger partial charge in [-0.2, -0.15) is 0 Å². The molecule has 1 atom stereocenters. The standard InChI is InChI=1S/C28H25ClN4O6/c29-22-14-8-7-13-21(22)26(36)31-30-23(34)17-39-28(38)20-15-24(35)33(16-20)32-27(37)25(18-9-3-1-4-10-18)19-11-5-2-6-12-19/h1-14,20,25H,15-17H2,(H,30,34)(H,31,36)(H,32,37)/t20-/m0/s1. The topological polar surface area (TPSA) is 134 Å². The Labute approximate surface area is 229 Å². The number of hydrogen-bond acceptors (Lipinski definition) is 6. The second-order valence-electron chi connectivity index (χ2n) is 8.73. The zero-order valence-electron chi connectivity index (χ0n) is 20.6. The Hall–Kier alpha value is -4.70. The fraction of sp³-hybridized carbons (Fsp3) is 0.179. The Kier molecular flexibility index (Phi) is 8.90.